The second kappa shape index (κ2) is 6.50. The molecule has 0 radical (unpaired) electrons. The number of hydrogen-bond donors (Lipinski definition) is 3. The molecule has 0 fully saturated rings. The van der Waals surface area contributed by atoms with Gasteiger partial charge in [0.2, 0.25) is 0 Å². The Morgan fingerprint density at radius 3 is 2.32 bits per heavy atom. The predicted octanol–water partition coefficient (Wildman–Crippen LogP) is 3.21. The molecule has 0 saturated carbocycles. The first-order chi connectivity index (χ1) is 13.0. The molecule has 2 heterocycles. The highest BCUT2D eigenvalue weighted by atomic mass is 16.5. The normalized spacial score (nSPS) is 19.8. The molecule has 0 spiro atoms. The molecule has 28 heavy (non-hydrogen) atoms. The number of aliphatic hydroxyl groups is 2. The van der Waals surface area contributed by atoms with Crippen LogP contribution in [0.3, 0.4) is 0 Å². The molecular weight excluding hydrogens is 360 g/mol. The second-order valence-corrected chi connectivity index (χ2v) is 8.33. The van der Waals surface area contributed by atoms with E-state index < -0.39 is 28.7 Å². The van der Waals surface area contributed by atoms with Crippen molar-refractivity contribution in [3.63, 3.8) is 0 Å². The van der Waals surface area contributed by atoms with E-state index in [9.17, 15) is 20.1 Å². The maximum Gasteiger partial charge on any atom is 0.340 e. The SMILES string of the molecule is C=CC(C)(C)c1cc2c(O)c3c(c(C(C)(C)C=C)c2oc1=O)OCC(O)C3O. The maximum absolute atomic E-state index is 12.7. The molecule has 3 rings (SSSR count). The minimum Gasteiger partial charge on any atom is -0.507 e. The Morgan fingerprint density at radius 1 is 1.14 bits per heavy atom. The number of hydrogen-bond acceptors (Lipinski definition) is 6. The Hall–Kier alpha value is -2.57. The molecule has 150 valence electrons. The number of phenols is 1. The van der Waals surface area contributed by atoms with Gasteiger partial charge in [0, 0.05) is 22.0 Å². The highest BCUT2D eigenvalue weighted by molar-refractivity contribution is 5.92. The molecule has 1 aromatic heterocycles. The number of phenolic OH excluding ortho intramolecular Hbond substituents is 1. The van der Waals surface area contributed by atoms with Gasteiger partial charge in [-0.15, -0.1) is 13.2 Å². The molecule has 6 heteroatoms. The first-order valence-electron chi connectivity index (χ1n) is 9.10. The van der Waals surface area contributed by atoms with E-state index in [1.165, 1.54) is 0 Å². The summed E-state index contributed by atoms with van der Waals surface area (Å²) in [5.41, 5.74) is -0.903. The summed E-state index contributed by atoms with van der Waals surface area (Å²) in [6, 6.07) is 1.55. The van der Waals surface area contributed by atoms with E-state index in [1.54, 1.807) is 18.2 Å². The van der Waals surface area contributed by atoms with Crippen LogP contribution < -0.4 is 10.4 Å². The van der Waals surface area contributed by atoms with Crippen LogP contribution in [0.5, 0.6) is 11.5 Å². The van der Waals surface area contributed by atoms with Crippen LogP contribution in [0.4, 0.5) is 0 Å². The van der Waals surface area contributed by atoms with E-state index >= 15 is 0 Å². The Bertz CT molecular complexity index is 1030. The van der Waals surface area contributed by atoms with Crippen molar-refractivity contribution in [3.05, 3.63) is 58.5 Å². The van der Waals surface area contributed by atoms with Gasteiger partial charge in [-0.25, -0.2) is 4.79 Å². The summed E-state index contributed by atoms with van der Waals surface area (Å²) in [6.45, 7) is 14.8. The van der Waals surface area contributed by atoms with E-state index in [2.05, 4.69) is 13.2 Å². The number of aromatic hydroxyl groups is 1. The average molecular weight is 386 g/mol. The molecule has 0 bridgehead atoms. The van der Waals surface area contributed by atoms with Crippen LogP contribution in [0, 0.1) is 0 Å². The summed E-state index contributed by atoms with van der Waals surface area (Å²) < 4.78 is 11.4. The van der Waals surface area contributed by atoms with E-state index in [1.807, 2.05) is 27.7 Å². The summed E-state index contributed by atoms with van der Waals surface area (Å²) in [7, 11) is 0. The number of rotatable bonds is 4. The predicted molar refractivity (Wildman–Crippen MR) is 107 cm³/mol. The highest BCUT2D eigenvalue weighted by Gasteiger charge is 2.39. The van der Waals surface area contributed by atoms with Crippen molar-refractivity contribution in [1.29, 1.82) is 0 Å². The molecule has 2 atom stereocenters. The van der Waals surface area contributed by atoms with E-state index in [-0.39, 0.29) is 34.6 Å². The first-order valence-corrected chi connectivity index (χ1v) is 9.10. The fourth-order valence-corrected chi connectivity index (χ4v) is 3.45. The number of benzene rings is 1. The van der Waals surface area contributed by atoms with Gasteiger partial charge in [-0.2, -0.15) is 0 Å². The number of aliphatic hydroxyl groups excluding tert-OH is 2. The molecular formula is C22H26O6. The zero-order valence-corrected chi connectivity index (χ0v) is 16.6. The van der Waals surface area contributed by atoms with Gasteiger partial charge in [0.1, 0.15) is 35.9 Å². The smallest absolute Gasteiger partial charge is 0.340 e. The molecule has 0 saturated heterocycles. The molecule has 0 aliphatic carbocycles. The molecule has 2 unspecified atom stereocenters. The fourth-order valence-electron chi connectivity index (χ4n) is 3.45. The summed E-state index contributed by atoms with van der Waals surface area (Å²) in [5.74, 6) is -0.0868. The molecule has 1 aromatic carbocycles. The van der Waals surface area contributed by atoms with Gasteiger partial charge in [-0.3, -0.25) is 0 Å². The standard InChI is InChI=1S/C22H26O6/c1-7-21(3,4)12-9-11-16(24)14-17(25)13(23)10-27-19(14)15(22(5,6)8-2)18(11)28-20(12)26/h7-9,13,17,23-25H,1-2,10H2,3-6H3. The minimum absolute atomic E-state index is 0.0763. The van der Waals surface area contributed by atoms with Crippen molar-refractivity contribution >= 4 is 11.0 Å². The van der Waals surface area contributed by atoms with Crippen LogP contribution in [-0.2, 0) is 10.8 Å². The summed E-state index contributed by atoms with van der Waals surface area (Å²) in [6.07, 6.45) is 0.767. The third-order valence-electron chi connectivity index (χ3n) is 5.57. The van der Waals surface area contributed by atoms with Crippen molar-refractivity contribution in [2.75, 3.05) is 6.61 Å². The molecule has 1 aliphatic heterocycles. The lowest BCUT2D eigenvalue weighted by molar-refractivity contribution is -0.0273. The maximum atomic E-state index is 12.7. The minimum atomic E-state index is -1.34. The van der Waals surface area contributed by atoms with Crippen LogP contribution in [0.15, 0.2) is 40.6 Å². The molecule has 6 nitrogen and oxygen atoms in total. The van der Waals surface area contributed by atoms with Gasteiger partial charge in [-0.1, -0.05) is 39.8 Å². The van der Waals surface area contributed by atoms with Crippen LogP contribution in [0.25, 0.3) is 11.0 Å². The van der Waals surface area contributed by atoms with Gasteiger partial charge in [-0.05, 0) is 6.07 Å². The van der Waals surface area contributed by atoms with Crippen LogP contribution in [0.1, 0.15) is 50.5 Å². The Morgan fingerprint density at radius 2 is 1.75 bits per heavy atom. The van der Waals surface area contributed by atoms with Gasteiger partial charge in [0.05, 0.1) is 10.9 Å². The van der Waals surface area contributed by atoms with E-state index in [0.29, 0.717) is 11.1 Å². The highest BCUT2D eigenvalue weighted by Crippen LogP contribution is 2.50. The second-order valence-electron chi connectivity index (χ2n) is 8.33. The van der Waals surface area contributed by atoms with Crippen molar-refractivity contribution in [1.82, 2.24) is 0 Å². The molecule has 1 aliphatic rings. The molecule has 3 N–H and O–H groups in total. The lowest BCUT2D eigenvalue weighted by Gasteiger charge is -2.33. The van der Waals surface area contributed by atoms with Crippen molar-refractivity contribution in [2.45, 2.75) is 50.7 Å². The fraction of sp³-hybridized carbons (Fsp3) is 0.409. The van der Waals surface area contributed by atoms with E-state index in [4.69, 9.17) is 9.15 Å². The largest absolute Gasteiger partial charge is 0.507 e. The summed E-state index contributed by atoms with van der Waals surface area (Å²) in [5, 5.41) is 31.8. The topological polar surface area (TPSA) is 100 Å². The quantitative estimate of drug-likeness (QED) is 0.551. The van der Waals surface area contributed by atoms with Crippen LogP contribution >= 0.6 is 0 Å². The lowest BCUT2D eigenvalue weighted by Crippen LogP contribution is -2.33. The Labute approximate surface area is 163 Å². The van der Waals surface area contributed by atoms with Crippen molar-refractivity contribution < 1.29 is 24.5 Å². The van der Waals surface area contributed by atoms with Crippen LogP contribution in [0.2, 0.25) is 0 Å². The lowest BCUT2D eigenvalue weighted by atomic mass is 9.79. The first kappa shape index (κ1) is 20.2. The third kappa shape index (κ3) is 2.84. The average Bonchev–Trinajstić information content (AvgIpc) is 2.64. The van der Waals surface area contributed by atoms with Gasteiger partial charge in [0.25, 0.3) is 0 Å². The summed E-state index contributed by atoms with van der Waals surface area (Å²) >= 11 is 0. The van der Waals surface area contributed by atoms with Crippen molar-refractivity contribution in [3.8, 4) is 11.5 Å². The van der Waals surface area contributed by atoms with Gasteiger partial charge >= 0.3 is 5.63 Å². The Balaban J connectivity index is 2.55. The number of ether oxygens (including phenoxy) is 1. The van der Waals surface area contributed by atoms with E-state index in [0.717, 1.165) is 0 Å². The zero-order chi connectivity index (χ0) is 21.0. The third-order valence-corrected chi connectivity index (χ3v) is 5.57. The molecule has 2 aromatic rings. The molecule has 0 amide bonds. The van der Waals surface area contributed by atoms with Crippen molar-refractivity contribution in [2.24, 2.45) is 0 Å². The zero-order valence-electron chi connectivity index (χ0n) is 16.6. The Kier molecular flexibility index (Phi) is 4.68. The van der Waals surface area contributed by atoms with Crippen LogP contribution in [-0.4, -0.2) is 28.0 Å². The number of fused-ring (bicyclic) bond motifs is 2. The monoisotopic (exact) mass is 386 g/mol. The summed E-state index contributed by atoms with van der Waals surface area (Å²) in [4.78, 5) is 12.7. The van der Waals surface area contributed by atoms with Gasteiger partial charge in [0.15, 0.2) is 0 Å². The van der Waals surface area contributed by atoms with Gasteiger partial charge < -0.3 is 24.5 Å². The number of allylic oxidation sites excluding steroid dienone is 2.